The Labute approximate surface area is 239 Å². The van der Waals surface area contributed by atoms with Crippen molar-refractivity contribution in [3.05, 3.63) is 83.2 Å². The number of aromatic nitrogens is 3. The second kappa shape index (κ2) is 10.0. The van der Waals surface area contributed by atoms with E-state index in [0.717, 1.165) is 83.4 Å². The van der Waals surface area contributed by atoms with Crippen LogP contribution < -0.4 is 9.64 Å². The smallest absolute Gasteiger partial charge is 0.259 e. The standard InChI is InChI=1S/C33H35N5O3/c1-33(15-4-16-33)32(40)36-17-13-23(14-18-36)28-21-37(35-34-28)20-24-9-12-29-30-26(24)5-3-6-27(30)31(39)38(29)19-22-7-10-25(41-2)11-8-22/h3,5-12,21,23H,4,13-20H2,1-2H3. The molecule has 7 rings (SSSR count). The normalized spacial score (nSPS) is 18.1. The van der Waals surface area contributed by atoms with Gasteiger partial charge < -0.3 is 14.5 Å². The van der Waals surface area contributed by atoms with E-state index in [1.807, 2.05) is 46.0 Å². The molecule has 3 aliphatic rings. The number of rotatable bonds is 7. The van der Waals surface area contributed by atoms with E-state index in [1.165, 1.54) is 6.42 Å². The molecule has 0 radical (unpaired) electrons. The van der Waals surface area contributed by atoms with E-state index in [9.17, 15) is 9.59 Å². The molecule has 1 aromatic heterocycles. The van der Waals surface area contributed by atoms with Gasteiger partial charge in [-0.15, -0.1) is 5.10 Å². The van der Waals surface area contributed by atoms with Crippen molar-refractivity contribution in [2.75, 3.05) is 25.1 Å². The van der Waals surface area contributed by atoms with Gasteiger partial charge in [-0.05, 0) is 66.5 Å². The van der Waals surface area contributed by atoms with E-state index in [1.54, 1.807) is 7.11 Å². The number of nitrogens with zero attached hydrogens (tertiary/aromatic N) is 5. The maximum absolute atomic E-state index is 13.4. The van der Waals surface area contributed by atoms with Crippen LogP contribution >= 0.6 is 0 Å². The molecule has 1 aliphatic carbocycles. The molecule has 0 atom stereocenters. The third-order valence-electron chi connectivity index (χ3n) is 9.44. The monoisotopic (exact) mass is 549 g/mol. The molecule has 3 heterocycles. The lowest BCUT2D eigenvalue weighted by atomic mass is 9.69. The van der Waals surface area contributed by atoms with Crippen LogP contribution in [0.1, 0.15) is 72.1 Å². The molecule has 2 fully saturated rings. The van der Waals surface area contributed by atoms with Gasteiger partial charge in [-0.3, -0.25) is 9.59 Å². The van der Waals surface area contributed by atoms with E-state index in [0.29, 0.717) is 24.9 Å². The summed E-state index contributed by atoms with van der Waals surface area (Å²) in [5, 5.41) is 11.1. The van der Waals surface area contributed by atoms with E-state index in [2.05, 4.69) is 46.5 Å². The van der Waals surface area contributed by atoms with Crippen molar-refractivity contribution in [1.29, 1.82) is 0 Å². The number of carbonyl (C=O) groups excluding carboxylic acids is 2. The molecule has 0 unspecified atom stereocenters. The number of methoxy groups -OCH3 is 1. The molecule has 2 aliphatic heterocycles. The van der Waals surface area contributed by atoms with Gasteiger partial charge in [0.15, 0.2) is 0 Å². The number of piperidine rings is 1. The van der Waals surface area contributed by atoms with Crippen molar-refractivity contribution in [3.8, 4) is 5.75 Å². The zero-order chi connectivity index (χ0) is 28.1. The van der Waals surface area contributed by atoms with Crippen molar-refractivity contribution in [3.63, 3.8) is 0 Å². The number of hydrogen-bond donors (Lipinski definition) is 0. The zero-order valence-electron chi connectivity index (χ0n) is 23.7. The zero-order valence-corrected chi connectivity index (χ0v) is 23.7. The average Bonchev–Trinajstić information content (AvgIpc) is 3.57. The average molecular weight is 550 g/mol. The van der Waals surface area contributed by atoms with Crippen LogP contribution in [0.4, 0.5) is 5.69 Å². The molecule has 0 N–H and O–H groups in total. The van der Waals surface area contributed by atoms with Crippen LogP contribution in [0.5, 0.6) is 5.75 Å². The Morgan fingerprint density at radius 1 is 1.02 bits per heavy atom. The van der Waals surface area contributed by atoms with Gasteiger partial charge in [-0.1, -0.05) is 48.9 Å². The first-order valence-electron chi connectivity index (χ1n) is 14.6. The highest BCUT2D eigenvalue weighted by Crippen LogP contribution is 2.43. The van der Waals surface area contributed by atoms with Gasteiger partial charge in [-0.2, -0.15) is 0 Å². The first kappa shape index (κ1) is 25.7. The predicted octanol–water partition coefficient (Wildman–Crippen LogP) is 5.54. The van der Waals surface area contributed by atoms with E-state index < -0.39 is 0 Å². The molecule has 210 valence electrons. The quantitative estimate of drug-likeness (QED) is 0.302. The molecule has 8 heteroatoms. The highest BCUT2D eigenvalue weighted by Gasteiger charge is 2.42. The van der Waals surface area contributed by atoms with Gasteiger partial charge in [0.05, 0.1) is 31.6 Å². The minimum Gasteiger partial charge on any atom is -0.497 e. The number of carbonyl (C=O) groups is 2. The van der Waals surface area contributed by atoms with Crippen molar-refractivity contribution < 1.29 is 14.3 Å². The lowest BCUT2D eigenvalue weighted by Gasteiger charge is -2.42. The Bertz CT molecular complexity index is 1630. The SMILES string of the molecule is COc1ccc(CN2C(=O)c3cccc4c(Cn5cc(C6CCN(C(=O)C7(C)CCC7)CC6)nn5)ccc2c34)cc1. The summed E-state index contributed by atoms with van der Waals surface area (Å²) in [5.74, 6) is 1.47. The Morgan fingerprint density at radius 2 is 1.80 bits per heavy atom. The van der Waals surface area contributed by atoms with Gasteiger partial charge in [0.2, 0.25) is 5.91 Å². The predicted molar refractivity (Wildman–Crippen MR) is 157 cm³/mol. The summed E-state index contributed by atoms with van der Waals surface area (Å²) in [5.41, 5.74) is 4.70. The van der Waals surface area contributed by atoms with Crippen LogP contribution in [0.2, 0.25) is 0 Å². The molecule has 2 amide bonds. The third-order valence-corrected chi connectivity index (χ3v) is 9.44. The molecule has 0 spiro atoms. The lowest BCUT2D eigenvalue weighted by molar-refractivity contribution is -0.147. The van der Waals surface area contributed by atoms with E-state index >= 15 is 0 Å². The summed E-state index contributed by atoms with van der Waals surface area (Å²) >= 11 is 0. The minimum absolute atomic E-state index is 0.0257. The van der Waals surface area contributed by atoms with Gasteiger partial charge in [-0.25, -0.2) is 4.68 Å². The minimum atomic E-state index is -0.132. The van der Waals surface area contributed by atoms with E-state index in [4.69, 9.17) is 4.74 Å². The first-order chi connectivity index (χ1) is 19.9. The summed E-state index contributed by atoms with van der Waals surface area (Å²) in [6.45, 7) is 4.78. The van der Waals surface area contributed by atoms with Gasteiger partial charge in [0, 0.05) is 41.6 Å². The number of amides is 2. The van der Waals surface area contributed by atoms with Crippen molar-refractivity contribution in [1.82, 2.24) is 19.9 Å². The Kier molecular flexibility index (Phi) is 6.29. The molecular formula is C33H35N5O3. The van der Waals surface area contributed by atoms with Crippen molar-refractivity contribution >= 4 is 28.3 Å². The molecule has 8 nitrogen and oxygen atoms in total. The molecule has 0 bridgehead atoms. The fraction of sp³-hybridized carbons (Fsp3) is 0.394. The summed E-state index contributed by atoms with van der Waals surface area (Å²) in [7, 11) is 1.65. The number of ether oxygens (including phenoxy) is 1. The van der Waals surface area contributed by atoms with E-state index in [-0.39, 0.29) is 11.3 Å². The van der Waals surface area contributed by atoms with Gasteiger partial charge >= 0.3 is 0 Å². The van der Waals surface area contributed by atoms with Crippen LogP contribution in [0.15, 0.2) is 60.8 Å². The molecular weight excluding hydrogens is 514 g/mol. The molecule has 3 aromatic carbocycles. The molecule has 1 saturated heterocycles. The van der Waals surface area contributed by atoms with Crippen LogP contribution in [0.25, 0.3) is 10.8 Å². The maximum Gasteiger partial charge on any atom is 0.259 e. The number of benzene rings is 3. The summed E-state index contributed by atoms with van der Waals surface area (Å²) in [4.78, 5) is 30.3. The second-order valence-corrected chi connectivity index (χ2v) is 12.0. The van der Waals surface area contributed by atoms with Gasteiger partial charge in [0.25, 0.3) is 5.91 Å². The van der Waals surface area contributed by atoms with Crippen LogP contribution in [-0.4, -0.2) is 51.9 Å². The first-order valence-corrected chi connectivity index (χ1v) is 14.6. The number of likely N-dealkylation sites (tertiary alicyclic amines) is 1. The summed E-state index contributed by atoms with van der Waals surface area (Å²) in [6.07, 6.45) is 7.11. The lowest BCUT2D eigenvalue weighted by Crippen LogP contribution is -2.48. The van der Waals surface area contributed by atoms with Crippen LogP contribution in [0.3, 0.4) is 0 Å². The Balaban J connectivity index is 1.07. The highest BCUT2D eigenvalue weighted by atomic mass is 16.5. The second-order valence-electron chi connectivity index (χ2n) is 12.0. The maximum atomic E-state index is 13.4. The fourth-order valence-corrected chi connectivity index (χ4v) is 6.75. The highest BCUT2D eigenvalue weighted by molar-refractivity contribution is 6.25. The van der Waals surface area contributed by atoms with Crippen molar-refractivity contribution in [2.24, 2.45) is 5.41 Å². The number of hydrogen-bond acceptors (Lipinski definition) is 5. The molecule has 4 aromatic rings. The molecule has 41 heavy (non-hydrogen) atoms. The topological polar surface area (TPSA) is 80.6 Å². The van der Waals surface area contributed by atoms with Gasteiger partial charge in [0.1, 0.15) is 5.75 Å². The third kappa shape index (κ3) is 4.46. The van der Waals surface area contributed by atoms with Crippen LogP contribution in [-0.2, 0) is 17.9 Å². The summed E-state index contributed by atoms with van der Waals surface area (Å²) < 4.78 is 7.18. The van der Waals surface area contributed by atoms with Crippen molar-refractivity contribution in [2.45, 2.75) is 58.0 Å². The van der Waals surface area contributed by atoms with Crippen LogP contribution in [0, 0.1) is 5.41 Å². The number of anilines is 1. The Morgan fingerprint density at radius 3 is 2.51 bits per heavy atom. The Hall–Kier alpha value is -4.20. The summed E-state index contributed by atoms with van der Waals surface area (Å²) in [6, 6.07) is 18.0. The largest absolute Gasteiger partial charge is 0.497 e. The fourth-order valence-electron chi connectivity index (χ4n) is 6.75. The molecule has 1 saturated carbocycles.